The van der Waals surface area contributed by atoms with Crippen molar-refractivity contribution in [3.05, 3.63) is 29.8 Å². The van der Waals surface area contributed by atoms with E-state index in [0.717, 1.165) is 17.0 Å². The molecule has 1 aliphatic rings. The monoisotopic (exact) mass is 367 g/mol. The van der Waals surface area contributed by atoms with Gasteiger partial charge in [-0.1, -0.05) is 12.1 Å². The van der Waals surface area contributed by atoms with Crippen LogP contribution in [0.15, 0.2) is 24.3 Å². The minimum atomic E-state index is -3.70. The molecule has 8 nitrogen and oxygen atoms in total. The van der Waals surface area contributed by atoms with Gasteiger partial charge in [0.05, 0.1) is 11.9 Å². The number of Topliss-reactive ketones (excluding diaryl/α,β-unsaturated/α-hetero) is 1. The molecule has 0 bridgehead atoms. The molecule has 0 N–H and O–H groups in total. The van der Waals surface area contributed by atoms with E-state index in [2.05, 4.69) is 0 Å². The number of hydrogen-bond acceptors (Lipinski definition) is 5. The van der Waals surface area contributed by atoms with Crippen molar-refractivity contribution in [2.45, 2.75) is 6.92 Å². The standard InChI is InChI=1S/C16H21N3O5S/c1-13(21)14-4-3-5-15(10-14)19(25(2,23)24)11-16(22)18-8-6-17(12-20)7-9-18/h3-5,10,12H,6-9,11H2,1-2H3. The molecule has 25 heavy (non-hydrogen) atoms. The molecule has 0 unspecified atom stereocenters. The predicted octanol–water partition coefficient (Wildman–Crippen LogP) is -0.0442. The van der Waals surface area contributed by atoms with Crippen LogP contribution in [-0.4, -0.2) is 75.3 Å². The van der Waals surface area contributed by atoms with Gasteiger partial charge in [-0.15, -0.1) is 0 Å². The molecule has 0 atom stereocenters. The summed E-state index contributed by atoms with van der Waals surface area (Å²) >= 11 is 0. The molecule has 9 heteroatoms. The van der Waals surface area contributed by atoms with Crippen LogP contribution in [0, 0.1) is 0 Å². The van der Waals surface area contributed by atoms with Crippen molar-refractivity contribution in [1.29, 1.82) is 0 Å². The Balaban J connectivity index is 2.19. The van der Waals surface area contributed by atoms with Crippen LogP contribution < -0.4 is 4.31 Å². The van der Waals surface area contributed by atoms with Crippen LogP contribution in [0.4, 0.5) is 5.69 Å². The van der Waals surface area contributed by atoms with E-state index in [4.69, 9.17) is 0 Å². The minimum absolute atomic E-state index is 0.188. The molecule has 1 fully saturated rings. The third-order valence-electron chi connectivity index (χ3n) is 4.04. The van der Waals surface area contributed by atoms with Gasteiger partial charge in [-0.05, 0) is 19.1 Å². The molecule has 1 aliphatic heterocycles. The summed E-state index contributed by atoms with van der Waals surface area (Å²) in [6.07, 6.45) is 1.75. The molecule has 2 rings (SSSR count). The van der Waals surface area contributed by atoms with Crippen LogP contribution in [0.1, 0.15) is 17.3 Å². The van der Waals surface area contributed by atoms with Gasteiger partial charge in [-0.2, -0.15) is 0 Å². The Morgan fingerprint density at radius 2 is 1.84 bits per heavy atom. The van der Waals surface area contributed by atoms with Crippen LogP contribution in [0.5, 0.6) is 0 Å². The molecule has 136 valence electrons. The molecule has 0 saturated carbocycles. The quantitative estimate of drug-likeness (QED) is 0.519. The lowest BCUT2D eigenvalue weighted by atomic mass is 10.1. The zero-order valence-electron chi connectivity index (χ0n) is 14.2. The Kier molecular flexibility index (Phi) is 5.78. The predicted molar refractivity (Wildman–Crippen MR) is 92.9 cm³/mol. The smallest absolute Gasteiger partial charge is 0.243 e. The number of piperazine rings is 1. The molecular formula is C16H21N3O5S. The largest absolute Gasteiger partial charge is 0.342 e. The topological polar surface area (TPSA) is 95.1 Å². The number of rotatable bonds is 6. The number of carbonyl (C=O) groups is 3. The minimum Gasteiger partial charge on any atom is -0.342 e. The number of hydrogen-bond donors (Lipinski definition) is 0. The van der Waals surface area contributed by atoms with Crippen molar-refractivity contribution in [1.82, 2.24) is 9.80 Å². The molecule has 1 aromatic rings. The van der Waals surface area contributed by atoms with Gasteiger partial charge in [-0.3, -0.25) is 18.7 Å². The number of carbonyl (C=O) groups excluding carboxylic acids is 3. The van der Waals surface area contributed by atoms with Crippen molar-refractivity contribution in [2.24, 2.45) is 0 Å². The van der Waals surface area contributed by atoms with Gasteiger partial charge >= 0.3 is 0 Å². The second-order valence-corrected chi connectivity index (χ2v) is 7.81. The third kappa shape index (κ3) is 4.79. The zero-order valence-corrected chi connectivity index (χ0v) is 15.0. The Labute approximate surface area is 147 Å². The van der Waals surface area contributed by atoms with Gasteiger partial charge in [0.25, 0.3) is 0 Å². The molecule has 2 amide bonds. The first kappa shape index (κ1) is 18.9. The fraction of sp³-hybridized carbons (Fsp3) is 0.438. The van der Waals surface area contributed by atoms with E-state index in [0.29, 0.717) is 31.7 Å². The summed E-state index contributed by atoms with van der Waals surface area (Å²) in [5, 5.41) is 0. The van der Waals surface area contributed by atoms with E-state index in [-0.39, 0.29) is 23.9 Å². The second-order valence-electron chi connectivity index (χ2n) is 5.90. The summed E-state index contributed by atoms with van der Waals surface area (Å²) in [5.74, 6) is -0.532. The van der Waals surface area contributed by atoms with E-state index in [1.807, 2.05) is 0 Å². The Bertz CT molecular complexity index is 770. The SMILES string of the molecule is CC(=O)c1cccc(N(CC(=O)N2CCN(C=O)CC2)S(C)(=O)=O)c1. The number of ketones is 1. The zero-order chi connectivity index (χ0) is 18.6. The van der Waals surface area contributed by atoms with Gasteiger partial charge < -0.3 is 9.80 Å². The lowest BCUT2D eigenvalue weighted by Crippen LogP contribution is -2.51. The highest BCUT2D eigenvalue weighted by molar-refractivity contribution is 7.92. The number of sulfonamides is 1. The Morgan fingerprint density at radius 1 is 1.20 bits per heavy atom. The molecule has 0 radical (unpaired) electrons. The summed E-state index contributed by atoms with van der Waals surface area (Å²) in [5.41, 5.74) is 0.647. The second kappa shape index (κ2) is 7.64. The summed E-state index contributed by atoms with van der Waals surface area (Å²) in [4.78, 5) is 37.8. The highest BCUT2D eigenvalue weighted by Gasteiger charge is 2.26. The first-order valence-electron chi connectivity index (χ1n) is 7.78. The number of anilines is 1. The van der Waals surface area contributed by atoms with Crippen molar-refractivity contribution in [3.63, 3.8) is 0 Å². The summed E-state index contributed by atoms with van der Waals surface area (Å²) < 4.78 is 25.3. The summed E-state index contributed by atoms with van der Waals surface area (Å²) in [6.45, 7) is 2.62. The molecule has 0 aromatic heterocycles. The molecule has 1 aromatic carbocycles. The Morgan fingerprint density at radius 3 is 2.36 bits per heavy atom. The molecular weight excluding hydrogens is 346 g/mol. The van der Waals surface area contributed by atoms with Crippen molar-refractivity contribution < 1.29 is 22.8 Å². The van der Waals surface area contributed by atoms with Gasteiger partial charge in [0.2, 0.25) is 22.3 Å². The molecule has 0 aliphatic carbocycles. The van der Waals surface area contributed by atoms with Gasteiger partial charge in [0.1, 0.15) is 6.54 Å². The summed E-state index contributed by atoms with van der Waals surface area (Å²) in [6, 6.07) is 6.18. The maximum absolute atomic E-state index is 12.5. The van der Waals surface area contributed by atoms with E-state index in [1.54, 1.807) is 23.1 Å². The summed E-state index contributed by atoms with van der Waals surface area (Å²) in [7, 11) is -3.70. The average Bonchev–Trinajstić information content (AvgIpc) is 2.58. The van der Waals surface area contributed by atoms with E-state index < -0.39 is 10.0 Å². The fourth-order valence-electron chi connectivity index (χ4n) is 2.58. The normalized spacial score (nSPS) is 15.0. The number of nitrogens with zero attached hydrogens (tertiary/aromatic N) is 3. The van der Waals surface area contributed by atoms with Crippen LogP contribution in [0.25, 0.3) is 0 Å². The number of benzene rings is 1. The van der Waals surface area contributed by atoms with Gasteiger partial charge in [0, 0.05) is 31.7 Å². The molecule has 0 spiro atoms. The average molecular weight is 367 g/mol. The lowest BCUT2D eigenvalue weighted by molar-refractivity contribution is -0.133. The first-order chi connectivity index (χ1) is 11.7. The molecule has 1 saturated heterocycles. The first-order valence-corrected chi connectivity index (χ1v) is 9.63. The van der Waals surface area contributed by atoms with Crippen LogP contribution in [0.2, 0.25) is 0 Å². The van der Waals surface area contributed by atoms with E-state index >= 15 is 0 Å². The molecule has 1 heterocycles. The van der Waals surface area contributed by atoms with Crippen molar-refractivity contribution >= 4 is 33.8 Å². The fourth-order valence-corrected chi connectivity index (χ4v) is 3.42. The van der Waals surface area contributed by atoms with Crippen molar-refractivity contribution in [3.8, 4) is 0 Å². The Hall–Kier alpha value is -2.42. The highest BCUT2D eigenvalue weighted by atomic mass is 32.2. The van der Waals surface area contributed by atoms with E-state index in [9.17, 15) is 22.8 Å². The maximum atomic E-state index is 12.5. The highest BCUT2D eigenvalue weighted by Crippen LogP contribution is 2.20. The van der Waals surface area contributed by atoms with E-state index in [1.165, 1.54) is 17.9 Å². The van der Waals surface area contributed by atoms with Crippen molar-refractivity contribution in [2.75, 3.05) is 43.3 Å². The van der Waals surface area contributed by atoms with Crippen LogP contribution >= 0.6 is 0 Å². The van der Waals surface area contributed by atoms with Gasteiger partial charge in [-0.25, -0.2) is 8.42 Å². The number of amides is 2. The maximum Gasteiger partial charge on any atom is 0.243 e. The van der Waals surface area contributed by atoms with Crippen LogP contribution in [-0.2, 0) is 19.6 Å². The lowest BCUT2D eigenvalue weighted by Gasteiger charge is -2.34. The van der Waals surface area contributed by atoms with Crippen LogP contribution in [0.3, 0.4) is 0 Å². The van der Waals surface area contributed by atoms with Gasteiger partial charge in [0.15, 0.2) is 5.78 Å². The third-order valence-corrected chi connectivity index (χ3v) is 5.18.